The number of benzene rings is 7. The quantitative estimate of drug-likeness (QED) is 0.196. The van der Waals surface area contributed by atoms with Gasteiger partial charge in [-0.25, -0.2) is 0 Å². The van der Waals surface area contributed by atoms with Gasteiger partial charge in [0.1, 0.15) is 17.2 Å². The molecule has 7 aromatic carbocycles. The summed E-state index contributed by atoms with van der Waals surface area (Å²) in [5, 5.41) is 27.3. The molecule has 0 atom stereocenters. The second-order valence-corrected chi connectivity index (χ2v) is 12.4. The van der Waals surface area contributed by atoms with Gasteiger partial charge < -0.3 is 13.6 Å². The number of furan rings is 1. The van der Waals surface area contributed by atoms with Crippen LogP contribution in [0.5, 0.6) is 0 Å². The maximum Gasteiger partial charge on any atom is 0.145 e. The Balaban J connectivity index is 1.41. The summed E-state index contributed by atoms with van der Waals surface area (Å²) in [5.41, 5.74) is 9.97. The highest BCUT2D eigenvalue weighted by molar-refractivity contribution is 6.24. The standard InChI is InChI=1S/C44H24N4O/c45-25-27-22-30(26-46)43(48-36-15-7-4-12-31(36)32-13-5-8-16-37(32)48)40(23-27)47-38-20-18-29(28-10-2-1-3-11-28)24-35(38)42-39(47)21-19-34-33-14-6-9-17-41(33)49-44(34)42/h1-24H. The molecular weight excluding hydrogens is 601 g/mol. The lowest BCUT2D eigenvalue weighted by Crippen LogP contribution is -2.07. The first-order chi connectivity index (χ1) is 24.2. The Kier molecular flexibility index (Phi) is 5.64. The Morgan fingerprint density at radius 3 is 1.86 bits per heavy atom. The van der Waals surface area contributed by atoms with Crippen LogP contribution >= 0.6 is 0 Å². The van der Waals surface area contributed by atoms with Crippen LogP contribution in [0.25, 0.3) is 88.1 Å². The number of hydrogen-bond donors (Lipinski definition) is 0. The van der Waals surface area contributed by atoms with Gasteiger partial charge in [-0.15, -0.1) is 0 Å². The molecular formula is C44H24N4O. The molecule has 3 heterocycles. The average molecular weight is 625 g/mol. The van der Waals surface area contributed by atoms with Crippen LogP contribution in [0.1, 0.15) is 11.1 Å². The van der Waals surface area contributed by atoms with Crippen LogP contribution in [0.3, 0.4) is 0 Å². The van der Waals surface area contributed by atoms with E-state index in [2.05, 4.69) is 106 Å². The largest absolute Gasteiger partial charge is 0.455 e. The number of fused-ring (bicyclic) bond motifs is 10. The summed E-state index contributed by atoms with van der Waals surface area (Å²) in [7, 11) is 0. The summed E-state index contributed by atoms with van der Waals surface area (Å²) < 4.78 is 11.0. The van der Waals surface area contributed by atoms with Gasteiger partial charge in [0.2, 0.25) is 0 Å². The Hall–Kier alpha value is -7.08. The van der Waals surface area contributed by atoms with E-state index in [4.69, 9.17) is 4.42 Å². The second-order valence-electron chi connectivity index (χ2n) is 12.4. The van der Waals surface area contributed by atoms with Crippen molar-refractivity contribution >= 4 is 65.6 Å². The summed E-state index contributed by atoms with van der Waals surface area (Å²) in [6.45, 7) is 0. The van der Waals surface area contributed by atoms with Crippen LogP contribution in [0.15, 0.2) is 150 Å². The monoisotopic (exact) mass is 624 g/mol. The molecule has 49 heavy (non-hydrogen) atoms. The maximum absolute atomic E-state index is 10.7. The van der Waals surface area contributed by atoms with Crippen molar-refractivity contribution in [3.8, 4) is 34.6 Å². The number of aromatic nitrogens is 2. The fourth-order valence-electron chi connectivity index (χ4n) is 7.69. The van der Waals surface area contributed by atoms with E-state index in [0.29, 0.717) is 11.1 Å². The van der Waals surface area contributed by atoms with Crippen molar-refractivity contribution in [3.05, 3.63) is 157 Å². The SMILES string of the molecule is N#Cc1cc(C#N)c(-n2c3ccccc3c3ccccc32)c(-n2c3ccc(-c4ccccc4)cc3c3c4oc5ccccc5c4ccc32)c1. The second kappa shape index (κ2) is 10.2. The lowest BCUT2D eigenvalue weighted by molar-refractivity contribution is 0.673. The third-order valence-corrected chi connectivity index (χ3v) is 9.76. The molecule has 0 aliphatic rings. The minimum absolute atomic E-state index is 0.414. The van der Waals surface area contributed by atoms with Crippen LogP contribution in [-0.4, -0.2) is 9.13 Å². The van der Waals surface area contributed by atoms with Crippen LogP contribution in [0, 0.1) is 22.7 Å². The molecule has 0 fully saturated rings. The van der Waals surface area contributed by atoms with Gasteiger partial charge in [0.25, 0.3) is 0 Å². The van der Waals surface area contributed by atoms with Gasteiger partial charge in [-0.2, -0.15) is 10.5 Å². The highest BCUT2D eigenvalue weighted by Crippen LogP contribution is 2.44. The summed E-state index contributed by atoms with van der Waals surface area (Å²) in [5.74, 6) is 0. The fourth-order valence-corrected chi connectivity index (χ4v) is 7.69. The molecule has 0 radical (unpaired) electrons. The number of nitrogens with zero attached hydrogens (tertiary/aromatic N) is 4. The minimum Gasteiger partial charge on any atom is -0.455 e. The van der Waals surface area contributed by atoms with E-state index < -0.39 is 0 Å². The molecule has 0 amide bonds. The first-order valence-electron chi connectivity index (χ1n) is 16.1. The molecule has 10 rings (SSSR count). The molecule has 5 heteroatoms. The summed E-state index contributed by atoms with van der Waals surface area (Å²) in [4.78, 5) is 0. The summed E-state index contributed by atoms with van der Waals surface area (Å²) in [6, 6.07) is 54.2. The molecule has 0 bridgehead atoms. The number of para-hydroxylation sites is 3. The van der Waals surface area contributed by atoms with Crippen LogP contribution in [-0.2, 0) is 0 Å². The van der Waals surface area contributed by atoms with Crippen LogP contribution in [0.2, 0.25) is 0 Å². The summed E-state index contributed by atoms with van der Waals surface area (Å²) in [6.07, 6.45) is 0. The first kappa shape index (κ1) is 27.1. The predicted octanol–water partition coefficient (Wildman–Crippen LogP) is 11.2. The van der Waals surface area contributed by atoms with Crippen molar-refractivity contribution < 1.29 is 4.42 Å². The molecule has 0 aliphatic carbocycles. The number of hydrogen-bond acceptors (Lipinski definition) is 3. The van der Waals surface area contributed by atoms with Gasteiger partial charge >= 0.3 is 0 Å². The van der Waals surface area contributed by atoms with Gasteiger partial charge in [0, 0.05) is 26.9 Å². The highest BCUT2D eigenvalue weighted by atomic mass is 16.3. The third kappa shape index (κ3) is 3.79. The van der Waals surface area contributed by atoms with Crippen molar-refractivity contribution in [3.63, 3.8) is 0 Å². The smallest absolute Gasteiger partial charge is 0.145 e. The average Bonchev–Trinajstić information content (AvgIpc) is 3.82. The van der Waals surface area contributed by atoms with Crippen molar-refractivity contribution in [2.45, 2.75) is 0 Å². The van der Waals surface area contributed by atoms with E-state index in [1.165, 1.54) is 0 Å². The molecule has 0 unspecified atom stereocenters. The molecule has 5 nitrogen and oxygen atoms in total. The van der Waals surface area contributed by atoms with E-state index in [1.54, 1.807) is 6.07 Å². The molecule has 0 saturated heterocycles. The van der Waals surface area contributed by atoms with E-state index in [9.17, 15) is 10.5 Å². The van der Waals surface area contributed by atoms with Gasteiger partial charge in [-0.1, -0.05) is 91.0 Å². The number of rotatable bonds is 3. The van der Waals surface area contributed by atoms with Crippen molar-refractivity contribution in [1.29, 1.82) is 10.5 Å². The predicted molar refractivity (Wildman–Crippen MR) is 197 cm³/mol. The zero-order valence-electron chi connectivity index (χ0n) is 26.1. The molecule has 3 aromatic heterocycles. The molecule has 0 N–H and O–H groups in total. The summed E-state index contributed by atoms with van der Waals surface area (Å²) >= 11 is 0. The van der Waals surface area contributed by atoms with Gasteiger partial charge in [-0.3, -0.25) is 0 Å². The Morgan fingerprint density at radius 1 is 0.469 bits per heavy atom. The molecule has 0 spiro atoms. The molecule has 10 aromatic rings. The van der Waals surface area contributed by atoms with Gasteiger partial charge in [0.15, 0.2) is 0 Å². The lowest BCUT2D eigenvalue weighted by atomic mass is 10.0. The van der Waals surface area contributed by atoms with E-state index in [1.807, 2.05) is 54.6 Å². The van der Waals surface area contributed by atoms with E-state index >= 15 is 0 Å². The highest BCUT2D eigenvalue weighted by Gasteiger charge is 2.25. The van der Waals surface area contributed by atoms with Crippen molar-refractivity contribution in [2.75, 3.05) is 0 Å². The van der Waals surface area contributed by atoms with Crippen molar-refractivity contribution in [1.82, 2.24) is 9.13 Å². The first-order valence-corrected chi connectivity index (χ1v) is 16.1. The zero-order chi connectivity index (χ0) is 32.6. The Morgan fingerprint density at radius 2 is 1.12 bits per heavy atom. The van der Waals surface area contributed by atoms with Crippen molar-refractivity contribution in [2.24, 2.45) is 0 Å². The van der Waals surface area contributed by atoms with Gasteiger partial charge in [-0.05, 0) is 65.7 Å². The minimum atomic E-state index is 0.414. The molecule has 226 valence electrons. The lowest BCUT2D eigenvalue weighted by Gasteiger charge is -2.18. The molecule has 0 aliphatic heterocycles. The Labute approximate surface area is 280 Å². The van der Waals surface area contributed by atoms with E-state index in [-0.39, 0.29) is 0 Å². The van der Waals surface area contributed by atoms with Crippen LogP contribution in [0.4, 0.5) is 0 Å². The topological polar surface area (TPSA) is 70.6 Å². The zero-order valence-corrected chi connectivity index (χ0v) is 26.1. The van der Waals surface area contributed by atoms with E-state index in [0.717, 1.165) is 88.1 Å². The number of nitriles is 2. The normalized spacial score (nSPS) is 11.6. The maximum atomic E-state index is 10.7. The third-order valence-electron chi connectivity index (χ3n) is 9.76. The molecule has 0 saturated carbocycles. The van der Waals surface area contributed by atoms with Crippen LogP contribution < -0.4 is 0 Å². The van der Waals surface area contributed by atoms with Gasteiger partial charge in [0.05, 0.1) is 56.0 Å². The Bertz CT molecular complexity index is 3020. The fraction of sp³-hybridized carbons (Fsp3) is 0.